The van der Waals surface area contributed by atoms with E-state index in [4.69, 9.17) is 21.1 Å². The number of carbonyl (C=O) groups excluding carboxylic acids is 1. The first-order chi connectivity index (χ1) is 14.9. The first-order valence-corrected chi connectivity index (χ1v) is 10.7. The zero-order valence-corrected chi connectivity index (χ0v) is 19.1. The zero-order valence-electron chi connectivity index (χ0n) is 18.3. The molecule has 1 unspecified atom stereocenters. The molecule has 0 amide bonds. The minimum atomic E-state index is -0.208. The van der Waals surface area contributed by atoms with E-state index in [2.05, 4.69) is 43.4 Å². The summed E-state index contributed by atoms with van der Waals surface area (Å²) in [6, 6.07) is 21.0. The lowest BCUT2D eigenvalue weighted by Gasteiger charge is -2.21. The number of rotatable bonds is 9. The molecule has 1 atom stereocenters. The third kappa shape index (κ3) is 5.80. The lowest BCUT2D eigenvalue weighted by Crippen LogP contribution is -2.16. The van der Waals surface area contributed by atoms with E-state index in [-0.39, 0.29) is 18.2 Å². The first-order valence-electron chi connectivity index (χ1n) is 10.3. The van der Waals surface area contributed by atoms with Crippen LogP contribution in [0.25, 0.3) is 0 Å². The second-order valence-corrected chi connectivity index (χ2v) is 8.16. The monoisotopic (exact) mass is 437 g/mol. The molecule has 0 aliphatic carbocycles. The van der Waals surface area contributed by atoms with Crippen molar-refractivity contribution in [1.82, 2.24) is 0 Å². The van der Waals surface area contributed by atoms with Crippen molar-refractivity contribution < 1.29 is 14.3 Å². The van der Waals surface area contributed by atoms with Gasteiger partial charge in [0.15, 0.2) is 17.3 Å². The van der Waals surface area contributed by atoms with Crippen molar-refractivity contribution in [1.29, 1.82) is 0 Å². The van der Waals surface area contributed by atoms with Crippen molar-refractivity contribution in [3.63, 3.8) is 0 Å². The van der Waals surface area contributed by atoms with E-state index in [1.54, 1.807) is 32.4 Å². The molecular formula is C26H28ClNO3. The molecule has 0 spiro atoms. The summed E-state index contributed by atoms with van der Waals surface area (Å²) in [5, 5.41) is 4.12. The van der Waals surface area contributed by atoms with Gasteiger partial charge in [-0.15, -0.1) is 0 Å². The van der Waals surface area contributed by atoms with Gasteiger partial charge in [0.05, 0.1) is 20.3 Å². The van der Waals surface area contributed by atoms with E-state index in [1.165, 1.54) is 5.56 Å². The molecule has 0 radical (unpaired) electrons. The van der Waals surface area contributed by atoms with Crippen LogP contribution in [0.1, 0.15) is 53.7 Å². The Kier molecular flexibility index (Phi) is 7.59. The molecule has 162 valence electrons. The Hall–Kier alpha value is -2.98. The third-order valence-corrected chi connectivity index (χ3v) is 5.50. The molecule has 31 heavy (non-hydrogen) atoms. The number of ketones is 1. The first kappa shape index (κ1) is 22.7. The maximum atomic E-state index is 13.2. The largest absolute Gasteiger partial charge is 0.493 e. The molecule has 0 saturated heterocycles. The second-order valence-electron chi connectivity index (χ2n) is 7.73. The number of methoxy groups -OCH3 is 2. The summed E-state index contributed by atoms with van der Waals surface area (Å²) in [6.45, 7) is 4.33. The van der Waals surface area contributed by atoms with E-state index in [0.29, 0.717) is 28.0 Å². The van der Waals surface area contributed by atoms with Crippen LogP contribution in [0, 0.1) is 0 Å². The highest BCUT2D eigenvalue weighted by Gasteiger charge is 2.19. The number of carbonyl (C=O) groups is 1. The van der Waals surface area contributed by atoms with E-state index in [1.807, 2.05) is 24.3 Å². The highest BCUT2D eigenvalue weighted by molar-refractivity contribution is 6.30. The molecule has 3 aromatic carbocycles. The molecule has 0 saturated carbocycles. The third-order valence-electron chi connectivity index (χ3n) is 5.27. The smallest absolute Gasteiger partial charge is 0.165 e. The van der Waals surface area contributed by atoms with Crippen molar-refractivity contribution in [3.05, 3.63) is 88.4 Å². The Bertz CT molecular complexity index is 1030. The molecule has 3 aromatic rings. The van der Waals surface area contributed by atoms with Crippen LogP contribution in [-0.2, 0) is 0 Å². The van der Waals surface area contributed by atoms with Gasteiger partial charge < -0.3 is 14.8 Å². The number of halogens is 1. The van der Waals surface area contributed by atoms with Crippen molar-refractivity contribution in [2.24, 2.45) is 0 Å². The minimum Gasteiger partial charge on any atom is -0.493 e. The maximum absolute atomic E-state index is 13.2. The molecule has 1 N–H and O–H groups in total. The van der Waals surface area contributed by atoms with Crippen molar-refractivity contribution in [2.45, 2.75) is 32.2 Å². The molecule has 0 aliphatic rings. The minimum absolute atomic E-state index is 0.00779. The summed E-state index contributed by atoms with van der Waals surface area (Å²) in [4.78, 5) is 13.2. The standard InChI is InChI=1S/C26H28ClNO3/c1-17(2)18-8-10-19(11-9-18)23(28-22-7-5-6-21(27)15-22)16-24(29)20-12-13-25(30-3)26(14-20)31-4/h5-15,17,23,28H,16H2,1-4H3. The second kappa shape index (κ2) is 10.4. The Morgan fingerprint density at radius 1 is 0.903 bits per heavy atom. The molecule has 5 heteroatoms. The van der Waals surface area contributed by atoms with Gasteiger partial charge in [0.1, 0.15) is 0 Å². The van der Waals surface area contributed by atoms with Gasteiger partial charge in [0, 0.05) is 22.7 Å². The fourth-order valence-corrected chi connectivity index (χ4v) is 3.65. The van der Waals surface area contributed by atoms with Gasteiger partial charge in [-0.2, -0.15) is 0 Å². The van der Waals surface area contributed by atoms with E-state index in [9.17, 15) is 4.79 Å². The Labute approximate surface area is 189 Å². The Morgan fingerprint density at radius 3 is 2.19 bits per heavy atom. The number of hydrogen-bond acceptors (Lipinski definition) is 4. The van der Waals surface area contributed by atoms with Crippen LogP contribution in [-0.4, -0.2) is 20.0 Å². The molecule has 0 aliphatic heterocycles. The predicted molar refractivity (Wildman–Crippen MR) is 127 cm³/mol. The SMILES string of the molecule is COc1ccc(C(=O)CC(Nc2cccc(Cl)c2)c2ccc(C(C)C)cc2)cc1OC. The van der Waals surface area contributed by atoms with E-state index >= 15 is 0 Å². The summed E-state index contributed by atoms with van der Waals surface area (Å²) in [6.07, 6.45) is 0.281. The van der Waals surface area contributed by atoms with Crippen molar-refractivity contribution in [3.8, 4) is 11.5 Å². The topological polar surface area (TPSA) is 47.6 Å². The normalized spacial score (nSPS) is 11.8. The van der Waals surface area contributed by atoms with E-state index < -0.39 is 0 Å². The predicted octanol–water partition coefficient (Wildman–Crippen LogP) is 6.91. The number of ether oxygens (including phenoxy) is 2. The summed E-state index contributed by atoms with van der Waals surface area (Å²) in [5.74, 6) is 1.58. The van der Waals surface area contributed by atoms with Crippen LogP contribution in [0.3, 0.4) is 0 Å². The van der Waals surface area contributed by atoms with Crippen molar-refractivity contribution >= 4 is 23.1 Å². The number of nitrogens with one attached hydrogen (secondary N) is 1. The molecule has 0 fully saturated rings. The molecule has 4 nitrogen and oxygen atoms in total. The molecule has 0 heterocycles. The Balaban J connectivity index is 1.89. The van der Waals surface area contributed by atoms with Gasteiger partial charge in [-0.3, -0.25) is 4.79 Å². The average molecular weight is 438 g/mol. The highest BCUT2D eigenvalue weighted by Crippen LogP contribution is 2.31. The summed E-state index contributed by atoms with van der Waals surface area (Å²) >= 11 is 6.16. The van der Waals surface area contributed by atoms with Crippen LogP contribution < -0.4 is 14.8 Å². The fourth-order valence-electron chi connectivity index (χ4n) is 3.46. The van der Waals surface area contributed by atoms with Crippen LogP contribution in [0.4, 0.5) is 5.69 Å². The Morgan fingerprint density at radius 2 is 1.58 bits per heavy atom. The fraction of sp³-hybridized carbons (Fsp3) is 0.269. The zero-order chi connectivity index (χ0) is 22.4. The maximum Gasteiger partial charge on any atom is 0.165 e. The van der Waals surface area contributed by atoms with Crippen LogP contribution in [0.5, 0.6) is 11.5 Å². The van der Waals surface area contributed by atoms with Gasteiger partial charge in [0.25, 0.3) is 0 Å². The number of Topliss-reactive ketones (excluding diaryl/α,β-unsaturated/α-hetero) is 1. The summed E-state index contributed by atoms with van der Waals surface area (Å²) in [7, 11) is 3.14. The molecule has 0 bridgehead atoms. The average Bonchev–Trinajstić information content (AvgIpc) is 2.78. The molecular weight excluding hydrogens is 410 g/mol. The van der Waals surface area contributed by atoms with Gasteiger partial charge in [-0.05, 0) is 53.4 Å². The van der Waals surface area contributed by atoms with Crippen molar-refractivity contribution in [2.75, 3.05) is 19.5 Å². The van der Waals surface area contributed by atoms with Gasteiger partial charge in [0.2, 0.25) is 0 Å². The highest BCUT2D eigenvalue weighted by atomic mass is 35.5. The van der Waals surface area contributed by atoms with E-state index in [0.717, 1.165) is 11.3 Å². The molecule has 0 aromatic heterocycles. The van der Waals surface area contributed by atoms with Gasteiger partial charge in [-0.25, -0.2) is 0 Å². The van der Waals surface area contributed by atoms with Crippen LogP contribution >= 0.6 is 11.6 Å². The molecule has 3 rings (SSSR count). The lowest BCUT2D eigenvalue weighted by molar-refractivity contribution is 0.0976. The number of hydrogen-bond donors (Lipinski definition) is 1. The van der Waals surface area contributed by atoms with Crippen LogP contribution in [0.15, 0.2) is 66.7 Å². The number of anilines is 1. The lowest BCUT2D eigenvalue weighted by atomic mass is 9.94. The quantitative estimate of drug-likeness (QED) is 0.369. The summed E-state index contributed by atoms with van der Waals surface area (Å²) in [5.41, 5.74) is 3.74. The summed E-state index contributed by atoms with van der Waals surface area (Å²) < 4.78 is 10.6. The van der Waals surface area contributed by atoms with Crippen LogP contribution in [0.2, 0.25) is 5.02 Å². The number of benzene rings is 3. The van der Waals surface area contributed by atoms with Gasteiger partial charge in [-0.1, -0.05) is 55.8 Å². The van der Waals surface area contributed by atoms with Gasteiger partial charge >= 0.3 is 0 Å².